The molecule has 0 N–H and O–H groups in total. The number of rotatable bonds is 4. The van der Waals surface area contributed by atoms with Crippen molar-refractivity contribution in [2.75, 3.05) is 0 Å². The molecule has 45 heavy (non-hydrogen) atoms. The number of aromatic nitrogens is 3. The largest absolute Gasteiger partial charge is 0.436 e. The predicted octanol–water partition coefficient (Wildman–Crippen LogP) is 10.3. The van der Waals surface area contributed by atoms with Crippen LogP contribution >= 0.6 is 0 Å². The van der Waals surface area contributed by atoms with Crippen molar-refractivity contribution in [2.45, 2.75) is 19.3 Å². The van der Waals surface area contributed by atoms with E-state index in [1.807, 2.05) is 60.8 Å². The lowest BCUT2D eigenvalue weighted by Crippen LogP contribution is -2.14. The zero-order chi connectivity index (χ0) is 30.1. The van der Waals surface area contributed by atoms with E-state index in [1.54, 1.807) is 0 Å². The standard InChI is InChI=1S/C40H27N3O2/c1-40(2)31-10-4-3-9-29(31)30-17-15-24(22-32(30)40)33-18-16-25(23-41-33)26-19-27(38-42-34-11-5-7-13-36(34)44-38)21-28(20-26)39-43-35-12-6-8-14-37(35)45-39/h3-23H,1-2H3. The molecule has 9 rings (SSSR count). The summed E-state index contributed by atoms with van der Waals surface area (Å²) in [6, 6.07) is 41.4. The molecule has 0 amide bonds. The Kier molecular flexibility index (Phi) is 5.47. The van der Waals surface area contributed by atoms with E-state index in [2.05, 4.69) is 80.6 Å². The number of para-hydroxylation sites is 4. The second-order valence-electron chi connectivity index (χ2n) is 12.1. The van der Waals surface area contributed by atoms with Crippen molar-refractivity contribution in [3.63, 3.8) is 0 Å². The Morgan fingerprint density at radius 2 is 1.07 bits per heavy atom. The van der Waals surface area contributed by atoms with Gasteiger partial charge in [-0.3, -0.25) is 4.98 Å². The molecule has 1 aliphatic rings. The fraction of sp³-hybridized carbons (Fsp3) is 0.0750. The zero-order valence-electron chi connectivity index (χ0n) is 24.8. The Labute approximate surface area is 259 Å². The van der Waals surface area contributed by atoms with E-state index in [9.17, 15) is 0 Å². The third-order valence-electron chi connectivity index (χ3n) is 8.99. The summed E-state index contributed by atoms with van der Waals surface area (Å²) in [5.74, 6) is 1.09. The van der Waals surface area contributed by atoms with E-state index in [0.717, 1.165) is 55.7 Å². The minimum absolute atomic E-state index is 0.0614. The second kappa shape index (κ2) is 9.60. The molecule has 1 aliphatic carbocycles. The summed E-state index contributed by atoms with van der Waals surface area (Å²) in [7, 11) is 0. The van der Waals surface area contributed by atoms with Gasteiger partial charge in [-0.15, -0.1) is 0 Å². The van der Waals surface area contributed by atoms with Gasteiger partial charge in [0.05, 0.1) is 5.69 Å². The number of oxazole rings is 2. The van der Waals surface area contributed by atoms with Crippen LogP contribution in [0.5, 0.6) is 0 Å². The normalized spacial score (nSPS) is 13.3. The summed E-state index contributed by atoms with van der Waals surface area (Å²) in [5.41, 5.74) is 14.0. The second-order valence-corrected chi connectivity index (χ2v) is 12.1. The van der Waals surface area contributed by atoms with Crippen molar-refractivity contribution < 1.29 is 8.83 Å². The van der Waals surface area contributed by atoms with Crippen LogP contribution in [0.25, 0.3) is 78.6 Å². The number of hydrogen-bond donors (Lipinski definition) is 0. The first-order valence-electron chi connectivity index (χ1n) is 15.1. The van der Waals surface area contributed by atoms with E-state index in [4.69, 9.17) is 23.8 Å². The molecule has 3 heterocycles. The maximum absolute atomic E-state index is 6.17. The Hall–Kier alpha value is -5.81. The van der Waals surface area contributed by atoms with Crippen LogP contribution in [-0.2, 0) is 5.41 Å². The molecule has 0 atom stereocenters. The molecule has 0 bridgehead atoms. The molecule has 0 unspecified atom stereocenters. The van der Waals surface area contributed by atoms with Gasteiger partial charge in [-0.05, 0) is 82.4 Å². The summed E-state index contributed by atoms with van der Waals surface area (Å²) in [5, 5.41) is 0. The van der Waals surface area contributed by atoms with Crippen LogP contribution in [0.4, 0.5) is 0 Å². The smallest absolute Gasteiger partial charge is 0.227 e. The monoisotopic (exact) mass is 581 g/mol. The Morgan fingerprint density at radius 1 is 0.489 bits per heavy atom. The molecule has 0 radical (unpaired) electrons. The van der Waals surface area contributed by atoms with Gasteiger partial charge in [0.25, 0.3) is 0 Å². The third kappa shape index (κ3) is 4.12. The van der Waals surface area contributed by atoms with Crippen molar-refractivity contribution in [3.05, 3.63) is 139 Å². The van der Waals surface area contributed by atoms with Gasteiger partial charge in [-0.2, -0.15) is 0 Å². The molecule has 214 valence electrons. The SMILES string of the molecule is CC1(C)c2ccccc2-c2ccc(-c3ccc(-c4cc(-c5nc6ccccc6o5)cc(-c5nc6ccccc6o5)c4)cn3)cc21. The topological polar surface area (TPSA) is 65.0 Å². The molecule has 0 saturated heterocycles. The predicted molar refractivity (Wildman–Crippen MR) is 179 cm³/mol. The highest BCUT2D eigenvalue weighted by Gasteiger charge is 2.35. The van der Waals surface area contributed by atoms with Gasteiger partial charge in [-0.25, -0.2) is 9.97 Å². The number of nitrogens with zero attached hydrogens (tertiary/aromatic N) is 3. The van der Waals surface area contributed by atoms with Gasteiger partial charge >= 0.3 is 0 Å². The van der Waals surface area contributed by atoms with Crippen molar-refractivity contribution in [1.29, 1.82) is 0 Å². The van der Waals surface area contributed by atoms with E-state index in [1.165, 1.54) is 22.3 Å². The van der Waals surface area contributed by atoms with Crippen molar-refractivity contribution in [3.8, 4) is 56.4 Å². The average Bonchev–Trinajstić information content (AvgIpc) is 3.78. The van der Waals surface area contributed by atoms with Crippen molar-refractivity contribution in [2.24, 2.45) is 0 Å². The van der Waals surface area contributed by atoms with Gasteiger partial charge in [0.1, 0.15) is 11.0 Å². The van der Waals surface area contributed by atoms with Crippen molar-refractivity contribution >= 4 is 22.2 Å². The molecule has 5 nitrogen and oxygen atoms in total. The lowest BCUT2D eigenvalue weighted by Gasteiger charge is -2.21. The molecule has 0 saturated carbocycles. The fourth-order valence-electron chi connectivity index (χ4n) is 6.63. The van der Waals surface area contributed by atoms with E-state index in [-0.39, 0.29) is 5.41 Å². The number of fused-ring (bicyclic) bond motifs is 5. The molecule has 3 aromatic heterocycles. The molecular weight excluding hydrogens is 554 g/mol. The molecule has 0 aliphatic heterocycles. The maximum atomic E-state index is 6.17. The van der Waals surface area contributed by atoms with E-state index in [0.29, 0.717) is 11.8 Å². The minimum atomic E-state index is -0.0614. The number of pyridine rings is 1. The number of benzene rings is 5. The van der Waals surface area contributed by atoms with Gasteiger partial charge in [0.15, 0.2) is 11.2 Å². The molecular formula is C40H27N3O2. The molecule has 8 aromatic rings. The van der Waals surface area contributed by atoms with Crippen LogP contribution in [0.15, 0.2) is 136 Å². The summed E-state index contributed by atoms with van der Waals surface area (Å²) in [6.45, 7) is 4.60. The number of hydrogen-bond acceptors (Lipinski definition) is 5. The first-order chi connectivity index (χ1) is 22.0. The summed E-state index contributed by atoms with van der Waals surface area (Å²) in [4.78, 5) is 14.5. The summed E-state index contributed by atoms with van der Waals surface area (Å²) in [6.07, 6.45) is 1.93. The summed E-state index contributed by atoms with van der Waals surface area (Å²) < 4.78 is 12.3. The highest BCUT2D eigenvalue weighted by Crippen LogP contribution is 2.49. The Bertz CT molecular complexity index is 2260. The first kappa shape index (κ1) is 25.7. The van der Waals surface area contributed by atoms with Crippen molar-refractivity contribution in [1.82, 2.24) is 15.0 Å². The van der Waals surface area contributed by atoms with Gasteiger partial charge in [-0.1, -0.05) is 80.6 Å². The zero-order valence-corrected chi connectivity index (χ0v) is 24.8. The molecule has 0 spiro atoms. The van der Waals surface area contributed by atoms with E-state index >= 15 is 0 Å². The Morgan fingerprint density at radius 3 is 1.71 bits per heavy atom. The molecule has 0 fully saturated rings. The lowest BCUT2D eigenvalue weighted by molar-refractivity contribution is 0.617. The fourth-order valence-corrected chi connectivity index (χ4v) is 6.63. The van der Waals surface area contributed by atoms with Crippen LogP contribution < -0.4 is 0 Å². The van der Waals surface area contributed by atoms with Gasteiger partial charge < -0.3 is 8.83 Å². The van der Waals surface area contributed by atoms with E-state index < -0.39 is 0 Å². The summed E-state index contributed by atoms with van der Waals surface area (Å²) >= 11 is 0. The average molecular weight is 582 g/mol. The van der Waals surface area contributed by atoms with Crippen LogP contribution in [-0.4, -0.2) is 15.0 Å². The highest BCUT2D eigenvalue weighted by atomic mass is 16.4. The highest BCUT2D eigenvalue weighted by molar-refractivity contribution is 5.85. The lowest BCUT2D eigenvalue weighted by atomic mass is 9.82. The van der Waals surface area contributed by atoms with Gasteiger partial charge in [0, 0.05) is 33.9 Å². The van der Waals surface area contributed by atoms with Gasteiger partial charge in [0.2, 0.25) is 11.8 Å². The minimum Gasteiger partial charge on any atom is -0.436 e. The third-order valence-corrected chi connectivity index (χ3v) is 8.99. The van der Waals surface area contributed by atoms with Crippen LogP contribution in [0.1, 0.15) is 25.0 Å². The molecule has 5 aromatic carbocycles. The molecule has 5 heteroatoms. The first-order valence-corrected chi connectivity index (χ1v) is 15.1. The van der Waals surface area contributed by atoms with Crippen LogP contribution in [0.2, 0.25) is 0 Å². The van der Waals surface area contributed by atoms with Crippen LogP contribution in [0, 0.1) is 0 Å². The van der Waals surface area contributed by atoms with Crippen LogP contribution in [0.3, 0.4) is 0 Å². The quantitative estimate of drug-likeness (QED) is 0.207. The maximum Gasteiger partial charge on any atom is 0.227 e. The Balaban J connectivity index is 1.13.